The third kappa shape index (κ3) is 6.19. The second-order valence-electron chi connectivity index (χ2n) is 7.78. The van der Waals surface area contributed by atoms with Crippen LogP contribution < -0.4 is 14.8 Å². The molecule has 160 valence electrons. The Kier molecular flexibility index (Phi) is 7.08. The van der Waals surface area contributed by atoms with Crippen LogP contribution in [0.2, 0.25) is 0 Å². The zero-order chi connectivity index (χ0) is 22.4. The molecule has 1 amide bonds. The second-order valence-corrected chi connectivity index (χ2v) is 7.78. The molecule has 0 unspecified atom stereocenters. The summed E-state index contributed by atoms with van der Waals surface area (Å²) in [4.78, 5) is 24.5. The number of aryl methyl sites for hydroxylation is 2. The molecule has 0 aliphatic heterocycles. The molecular weight excluding hydrogens is 390 g/mol. The van der Waals surface area contributed by atoms with Crippen LogP contribution >= 0.6 is 0 Å². The average Bonchev–Trinajstić information content (AvgIpc) is 2.75. The monoisotopic (exact) mass is 417 g/mol. The Morgan fingerprint density at radius 1 is 0.871 bits per heavy atom. The number of carbonyl (C=O) groups excluding carboxylic acids is 2. The van der Waals surface area contributed by atoms with Crippen LogP contribution in [0.1, 0.15) is 46.8 Å². The normalized spacial score (nSPS) is 10.6. The van der Waals surface area contributed by atoms with E-state index >= 15 is 0 Å². The number of hydrogen-bond acceptors (Lipinski definition) is 4. The molecule has 0 aromatic heterocycles. The van der Waals surface area contributed by atoms with E-state index in [-0.39, 0.29) is 12.5 Å². The topological polar surface area (TPSA) is 64.6 Å². The molecule has 3 aromatic rings. The van der Waals surface area contributed by atoms with Crippen LogP contribution in [0.25, 0.3) is 0 Å². The van der Waals surface area contributed by atoms with E-state index in [0.717, 1.165) is 16.8 Å². The van der Waals surface area contributed by atoms with Gasteiger partial charge in [0.1, 0.15) is 11.5 Å². The van der Waals surface area contributed by atoms with E-state index in [1.165, 1.54) is 5.56 Å². The van der Waals surface area contributed by atoms with E-state index in [9.17, 15) is 9.59 Å². The van der Waals surface area contributed by atoms with Crippen LogP contribution in [-0.2, 0) is 4.79 Å². The summed E-state index contributed by atoms with van der Waals surface area (Å²) in [6.45, 7) is 7.99. The number of anilines is 1. The first-order chi connectivity index (χ1) is 14.8. The predicted octanol–water partition coefficient (Wildman–Crippen LogP) is 5.66. The molecule has 0 heterocycles. The number of carbonyl (C=O) groups is 2. The molecule has 0 saturated carbocycles. The van der Waals surface area contributed by atoms with Gasteiger partial charge in [0.15, 0.2) is 6.61 Å². The predicted molar refractivity (Wildman–Crippen MR) is 122 cm³/mol. The Hall–Kier alpha value is -3.60. The Bertz CT molecular complexity index is 1050. The van der Waals surface area contributed by atoms with E-state index in [4.69, 9.17) is 9.47 Å². The second kappa shape index (κ2) is 9.94. The molecule has 5 nitrogen and oxygen atoms in total. The highest BCUT2D eigenvalue weighted by atomic mass is 16.6. The number of hydrogen-bond donors (Lipinski definition) is 1. The molecule has 0 fully saturated rings. The molecule has 0 bridgehead atoms. The van der Waals surface area contributed by atoms with E-state index in [0.29, 0.717) is 23.0 Å². The molecule has 1 N–H and O–H groups in total. The first-order valence-corrected chi connectivity index (χ1v) is 10.2. The molecular formula is C26H27NO4. The minimum atomic E-state index is -0.514. The molecule has 0 atom stereocenters. The SMILES string of the molecule is Cc1ccc(NC(=O)c2ccc(OC(=O)COc3ccc(C(C)C)cc3)cc2)c(C)c1. The van der Waals surface area contributed by atoms with Crippen molar-refractivity contribution in [2.75, 3.05) is 11.9 Å². The fraction of sp³-hybridized carbons (Fsp3) is 0.231. The van der Waals surface area contributed by atoms with Gasteiger partial charge in [-0.05, 0) is 73.4 Å². The molecule has 5 heteroatoms. The van der Waals surface area contributed by atoms with Crippen LogP contribution in [0.3, 0.4) is 0 Å². The number of rotatable bonds is 7. The van der Waals surface area contributed by atoms with Gasteiger partial charge in [-0.15, -0.1) is 0 Å². The molecule has 0 saturated heterocycles. The first-order valence-electron chi connectivity index (χ1n) is 10.2. The number of benzene rings is 3. The van der Waals surface area contributed by atoms with Crippen LogP contribution in [0.15, 0.2) is 66.7 Å². The van der Waals surface area contributed by atoms with Gasteiger partial charge < -0.3 is 14.8 Å². The standard InChI is InChI=1S/C26H27NO4/c1-17(2)20-6-10-22(11-7-20)30-16-25(28)31-23-12-8-21(9-13-23)26(29)27-24-14-5-18(3)15-19(24)4/h5-15,17H,16H2,1-4H3,(H,27,29). The summed E-state index contributed by atoms with van der Waals surface area (Å²) in [5.41, 5.74) is 4.58. The number of esters is 1. The van der Waals surface area contributed by atoms with E-state index in [1.54, 1.807) is 24.3 Å². The summed E-state index contributed by atoms with van der Waals surface area (Å²) in [5, 5.41) is 2.90. The van der Waals surface area contributed by atoms with Gasteiger partial charge in [0.25, 0.3) is 5.91 Å². The number of ether oxygens (including phenoxy) is 2. The van der Waals surface area contributed by atoms with Crippen LogP contribution in [0, 0.1) is 13.8 Å². The van der Waals surface area contributed by atoms with Crippen molar-refractivity contribution in [3.05, 3.63) is 89.0 Å². The maximum absolute atomic E-state index is 12.5. The van der Waals surface area contributed by atoms with E-state index in [2.05, 4.69) is 19.2 Å². The van der Waals surface area contributed by atoms with Crippen LogP contribution in [0.4, 0.5) is 5.69 Å². The third-order valence-corrected chi connectivity index (χ3v) is 4.88. The van der Waals surface area contributed by atoms with Gasteiger partial charge in [-0.3, -0.25) is 4.79 Å². The molecule has 0 spiro atoms. The third-order valence-electron chi connectivity index (χ3n) is 4.88. The van der Waals surface area contributed by atoms with Crippen molar-refractivity contribution in [3.8, 4) is 11.5 Å². The van der Waals surface area contributed by atoms with Crippen molar-refractivity contribution < 1.29 is 19.1 Å². The first kappa shape index (κ1) is 22.1. The van der Waals surface area contributed by atoms with Crippen molar-refractivity contribution >= 4 is 17.6 Å². The summed E-state index contributed by atoms with van der Waals surface area (Å²) < 4.78 is 10.8. The van der Waals surface area contributed by atoms with Crippen molar-refractivity contribution in [1.82, 2.24) is 0 Å². The van der Waals surface area contributed by atoms with Gasteiger partial charge in [-0.25, -0.2) is 4.79 Å². The number of nitrogens with one attached hydrogen (secondary N) is 1. The fourth-order valence-corrected chi connectivity index (χ4v) is 3.07. The largest absolute Gasteiger partial charge is 0.482 e. The fourth-order valence-electron chi connectivity index (χ4n) is 3.07. The molecule has 0 aliphatic carbocycles. The minimum absolute atomic E-state index is 0.198. The Morgan fingerprint density at radius 2 is 1.52 bits per heavy atom. The smallest absolute Gasteiger partial charge is 0.349 e. The quantitative estimate of drug-likeness (QED) is 0.398. The number of amides is 1. The molecule has 3 aromatic carbocycles. The highest BCUT2D eigenvalue weighted by Gasteiger charge is 2.10. The van der Waals surface area contributed by atoms with E-state index in [1.807, 2.05) is 56.3 Å². The highest BCUT2D eigenvalue weighted by molar-refractivity contribution is 6.04. The lowest BCUT2D eigenvalue weighted by molar-refractivity contribution is -0.136. The Labute approximate surface area is 183 Å². The summed E-state index contributed by atoms with van der Waals surface area (Å²) in [5.74, 6) is 0.662. The van der Waals surface area contributed by atoms with Gasteiger partial charge in [-0.2, -0.15) is 0 Å². The Balaban J connectivity index is 1.52. The summed E-state index contributed by atoms with van der Waals surface area (Å²) in [6, 6.07) is 19.9. The van der Waals surface area contributed by atoms with Gasteiger partial charge in [0.05, 0.1) is 0 Å². The summed E-state index contributed by atoms with van der Waals surface area (Å²) >= 11 is 0. The highest BCUT2D eigenvalue weighted by Crippen LogP contribution is 2.20. The van der Waals surface area contributed by atoms with Crippen molar-refractivity contribution in [2.24, 2.45) is 0 Å². The molecule has 0 radical (unpaired) electrons. The lowest BCUT2D eigenvalue weighted by Crippen LogP contribution is -2.18. The zero-order valence-corrected chi connectivity index (χ0v) is 18.3. The van der Waals surface area contributed by atoms with E-state index < -0.39 is 5.97 Å². The van der Waals surface area contributed by atoms with Crippen LogP contribution in [0.5, 0.6) is 11.5 Å². The summed E-state index contributed by atoms with van der Waals surface area (Å²) in [7, 11) is 0. The molecule has 31 heavy (non-hydrogen) atoms. The minimum Gasteiger partial charge on any atom is -0.482 e. The average molecular weight is 418 g/mol. The van der Waals surface area contributed by atoms with Gasteiger partial charge in [-0.1, -0.05) is 43.7 Å². The lowest BCUT2D eigenvalue weighted by atomic mass is 10.0. The molecule has 3 rings (SSSR count). The van der Waals surface area contributed by atoms with Gasteiger partial charge in [0, 0.05) is 11.3 Å². The van der Waals surface area contributed by atoms with Gasteiger partial charge >= 0.3 is 5.97 Å². The maximum Gasteiger partial charge on any atom is 0.349 e. The van der Waals surface area contributed by atoms with Crippen molar-refractivity contribution in [1.29, 1.82) is 0 Å². The van der Waals surface area contributed by atoms with Crippen molar-refractivity contribution in [3.63, 3.8) is 0 Å². The zero-order valence-electron chi connectivity index (χ0n) is 18.3. The lowest BCUT2D eigenvalue weighted by Gasteiger charge is -2.10. The van der Waals surface area contributed by atoms with Crippen LogP contribution in [-0.4, -0.2) is 18.5 Å². The summed E-state index contributed by atoms with van der Waals surface area (Å²) in [6.07, 6.45) is 0. The Morgan fingerprint density at radius 3 is 2.13 bits per heavy atom. The van der Waals surface area contributed by atoms with Gasteiger partial charge in [0.2, 0.25) is 0 Å². The maximum atomic E-state index is 12.5. The molecule has 0 aliphatic rings. The van der Waals surface area contributed by atoms with Crippen molar-refractivity contribution in [2.45, 2.75) is 33.6 Å².